The second kappa shape index (κ2) is 8.12. The van der Waals surface area contributed by atoms with Gasteiger partial charge in [0.15, 0.2) is 0 Å². The zero-order valence-corrected chi connectivity index (χ0v) is 10.3. The molecule has 2 nitrogen and oxygen atoms in total. The van der Waals surface area contributed by atoms with Crippen molar-refractivity contribution in [2.75, 3.05) is 13.1 Å². The Balaban J connectivity index is 1.90. The molecule has 0 aromatic rings. The number of unbranched alkanes of at least 4 members (excludes halogenated alkanes) is 4. The summed E-state index contributed by atoms with van der Waals surface area (Å²) in [6, 6.07) is 0.576. The van der Waals surface area contributed by atoms with Crippen molar-refractivity contribution in [2.45, 2.75) is 64.3 Å². The Bertz CT molecular complexity index is 143. The van der Waals surface area contributed by atoms with Crippen molar-refractivity contribution in [3.8, 4) is 0 Å². The van der Waals surface area contributed by atoms with Gasteiger partial charge in [0, 0.05) is 12.6 Å². The first-order valence-electron chi connectivity index (χ1n) is 6.80. The minimum absolute atomic E-state index is 0.576. The minimum Gasteiger partial charge on any atom is -0.329 e. The number of nitrogens with one attached hydrogen (secondary N) is 1. The summed E-state index contributed by atoms with van der Waals surface area (Å²) in [5.41, 5.74) is 5.76. The fraction of sp³-hybridized carbons (Fsp3) is 1.00. The molecule has 1 atom stereocenters. The Morgan fingerprint density at radius 3 is 2.53 bits per heavy atom. The van der Waals surface area contributed by atoms with Crippen LogP contribution in [0.15, 0.2) is 0 Å². The average Bonchev–Trinajstić information content (AvgIpc) is 3.06. The Labute approximate surface area is 95.0 Å². The van der Waals surface area contributed by atoms with Gasteiger partial charge in [-0.1, -0.05) is 39.0 Å². The zero-order chi connectivity index (χ0) is 10.9. The fourth-order valence-corrected chi connectivity index (χ4v) is 1.95. The quantitative estimate of drug-likeness (QED) is 0.546. The first kappa shape index (κ1) is 13.0. The molecule has 1 aliphatic rings. The maximum Gasteiger partial charge on any atom is 0.0190 e. The summed E-state index contributed by atoms with van der Waals surface area (Å²) in [5.74, 6) is 0.971. The SMILES string of the molecule is CCCCCCCC(CN)NCC1CC1. The molecule has 0 bridgehead atoms. The van der Waals surface area contributed by atoms with Crippen molar-refractivity contribution in [2.24, 2.45) is 11.7 Å². The predicted molar refractivity (Wildman–Crippen MR) is 66.9 cm³/mol. The van der Waals surface area contributed by atoms with Crippen molar-refractivity contribution in [1.29, 1.82) is 0 Å². The molecule has 0 amide bonds. The van der Waals surface area contributed by atoms with E-state index < -0.39 is 0 Å². The summed E-state index contributed by atoms with van der Waals surface area (Å²) in [7, 11) is 0. The Kier molecular flexibility index (Phi) is 7.03. The molecular formula is C13H28N2. The largest absolute Gasteiger partial charge is 0.329 e. The number of rotatable bonds is 10. The van der Waals surface area contributed by atoms with E-state index in [1.165, 1.54) is 57.9 Å². The van der Waals surface area contributed by atoms with Gasteiger partial charge in [0.2, 0.25) is 0 Å². The maximum atomic E-state index is 5.76. The molecule has 90 valence electrons. The second-order valence-corrected chi connectivity index (χ2v) is 4.99. The van der Waals surface area contributed by atoms with Crippen molar-refractivity contribution in [3.05, 3.63) is 0 Å². The lowest BCUT2D eigenvalue weighted by Gasteiger charge is -2.16. The van der Waals surface area contributed by atoms with Gasteiger partial charge in [-0.05, 0) is 31.7 Å². The smallest absolute Gasteiger partial charge is 0.0190 e. The van der Waals surface area contributed by atoms with Gasteiger partial charge in [0.25, 0.3) is 0 Å². The average molecular weight is 212 g/mol. The fourth-order valence-electron chi connectivity index (χ4n) is 1.95. The third-order valence-electron chi connectivity index (χ3n) is 3.33. The Morgan fingerprint density at radius 1 is 1.20 bits per heavy atom. The monoisotopic (exact) mass is 212 g/mol. The molecule has 2 heteroatoms. The van der Waals surface area contributed by atoms with Gasteiger partial charge in [0.1, 0.15) is 0 Å². The van der Waals surface area contributed by atoms with Crippen molar-refractivity contribution >= 4 is 0 Å². The molecule has 1 saturated carbocycles. The predicted octanol–water partition coefficient (Wildman–Crippen LogP) is 2.67. The van der Waals surface area contributed by atoms with Gasteiger partial charge >= 0.3 is 0 Å². The van der Waals surface area contributed by atoms with E-state index in [0.717, 1.165) is 12.5 Å². The highest BCUT2D eigenvalue weighted by Crippen LogP contribution is 2.27. The van der Waals surface area contributed by atoms with E-state index in [4.69, 9.17) is 5.73 Å². The molecule has 0 radical (unpaired) electrons. The normalized spacial score (nSPS) is 18.0. The topological polar surface area (TPSA) is 38.0 Å². The molecule has 0 saturated heterocycles. The lowest BCUT2D eigenvalue weighted by molar-refractivity contribution is 0.451. The Hall–Kier alpha value is -0.0800. The van der Waals surface area contributed by atoms with Crippen molar-refractivity contribution < 1.29 is 0 Å². The molecule has 1 unspecified atom stereocenters. The molecule has 0 aromatic heterocycles. The summed E-state index contributed by atoms with van der Waals surface area (Å²) in [6.45, 7) is 4.28. The van der Waals surface area contributed by atoms with Crippen LogP contribution in [0.5, 0.6) is 0 Å². The molecule has 3 N–H and O–H groups in total. The molecule has 1 aliphatic carbocycles. The Morgan fingerprint density at radius 2 is 1.93 bits per heavy atom. The molecule has 0 spiro atoms. The van der Waals surface area contributed by atoms with Gasteiger partial charge in [-0.15, -0.1) is 0 Å². The van der Waals surface area contributed by atoms with Crippen LogP contribution in [0.3, 0.4) is 0 Å². The number of nitrogens with two attached hydrogens (primary N) is 1. The highest BCUT2D eigenvalue weighted by molar-refractivity contribution is 4.78. The molecule has 15 heavy (non-hydrogen) atoms. The number of hydrogen-bond acceptors (Lipinski definition) is 2. The molecule has 1 rings (SSSR count). The van der Waals surface area contributed by atoms with Crippen molar-refractivity contribution in [1.82, 2.24) is 5.32 Å². The van der Waals surface area contributed by atoms with Crippen LogP contribution in [0, 0.1) is 5.92 Å². The van der Waals surface area contributed by atoms with Gasteiger partial charge in [-0.3, -0.25) is 0 Å². The first-order valence-corrected chi connectivity index (χ1v) is 6.80. The molecular weight excluding hydrogens is 184 g/mol. The van der Waals surface area contributed by atoms with Crippen molar-refractivity contribution in [3.63, 3.8) is 0 Å². The van der Waals surface area contributed by atoms with Crippen LogP contribution >= 0.6 is 0 Å². The molecule has 1 fully saturated rings. The van der Waals surface area contributed by atoms with E-state index in [2.05, 4.69) is 12.2 Å². The summed E-state index contributed by atoms with van der Waals surface area (Å²) in [5, 5.41) is 3.60. The van der Waals surface area contributed by atoms with Crippen LogP contribution in [0.1, 0.15) is 58.3 Å². The lowest BCUT2D eigenvalue weighted by atomic mass is 10.1. The van der Waals surface area contributed by atoms with E-state index >= 15 is 0 Å². The summed E-state index contributed by atoms with van der Waals surface area (Å²) >= 11 is 0. The summed E-state index contributed by atoms with van der Waals surface area (Å²) in [4.78, 5) is 0. The lowest BCUT2D eigenvalue weighted by Crippen LogP contribution is -2.37. The van der Waals surface area contributed by atoms with E-state index in [1.807, 2.05) is 0 Å². The number of hydrogen-bond donors (Lipinski definition) is 2. The van der Waals surface area contributed by atoms with Crippen LogP contribution in [0.25, 0.3) is 0 Å². The van der Waals surface area contributed by atoms with Gasteiger partial charge < -0.3 is 11.1 Å². The zero-order valence-electron chi connectivity index (χ0n) is 10.3. The standard InChI is InChI=1S/C13H28N2/c1-2-3-4-5-6-7-13(10-14)15-11-12-8-9-12/h12-13,15H,2-11,14H2,1H3. The first-order chi connectivity index (χ1) is 7.36. The van der Waals surface area contributed by atoms with Crippen LogP contribution in [0.4, 0.5) is 0 Å². The third-order valence-corrected chi connectivity index (χ3v) is 3.33. The van der Waals surface area contributed by atoms with Gasteiger partial charge in [-0.2, -0.15) is 0 Å². The second-order valence-electron chi connectivity index (χ2n) is 4.99. The van der Waals surface area contributed by atoms with E-state index in [1.54, 1.807) is 0 Å². The summed E-state index contributed by atoms with van der Waals surface area (Å²) in [6.07, 6.45) is 11.0. The highest BCUT2D eigenvalue weighted by Gasteiger charge is 2.21. The van der Waals surface area contributed by atoms with Gasteiger partial charge in [0.05, 0.1) is 0 Å². The van der Waals surface area contributed by atoms with E-state index in [-0.39, 0.29) is 0 Å². The van der Waals surface area contributed by atoms with Crippen LogP contribution in [0.2, 0.25) is 0 Å². The highest BCUT2D eigenvalue weighted by atomic mass is 14.9. The molecule has 0 heterocycles. The van der Waals surface area contributed by atoms with E-state index in [0.29, 0.717) is 6.04 Å². The van der Waals surface area contributed by atoms with Crippen LogP contribution < -0.4 is 11.1 Å². The van der Waals surface area contributed by atoms with Gasteiger partial charge in [-0.25, -0.2) is 0 Å². The molecule has 0 aliphatic heterocycles. The summed E-state index contributed by atoms with van der Waals surface area (Å²) < 4.78 is 0. The van der Waals surface area contributed by atoms with Crippen LogP contribution in [-0.4, -0.2) is 19.1 Å². The minimum atomic E-state index is 0.576. The molecule has 0 aromatic carbocycles. The maximum absolute atomic E-state index is 5.76. The third kappa shape index (κ3) is 6.91. The van der Waals surface area contributed by atoms with Crippen LogP contribution in [-0.2, 0) is 0 Å². The van der Waals surface area contributed by atoms with E-state index in [9.17, 15) is 0 Å².